The topological polar surface area (TPSA) is 60.2 Å². The van der Waals surface area contributed by atoms with Gasteiger partial charge >= 0.3 is 0 Å². The average Bonchev–Trinajstić information content (AvgIpc) is 2.73. The Hall–Kier alpha value is -0.340. The van der Waals surface area contributed by atoms with Gasteiger partial charge in [-0.3, -0.25) is 0 Å². The second-order valence-corrected chi connectivity index (χ2v) is 10.8. The first-order valence-corrected chi connectivity index (χ1v) is 14.9. The van der Waals surface area contributed by atoms with Gasteiger partial charge < -0.3 is 5.73 Å². The van der Waals surface area contributed by atoms with Gasteiger partial charge in [0, 0.05) is 17.7 Å². The van der Waals surface area contributed by atoms with Gasteiger partial charge in [-0.25, -0.2) is 8.42 Å². The molecule has 0 aromatic heterocycles. The van der Waals surface area contributed by atoms with Crippen molar-refractivity contribution in [3.8, 4) is 0 Å². The Kier molecular flexibility index (Phi) is 10.4. The SMILES string of the molecule is CCCS(=O)(=O)CCc1ccc2c(c1)C(Cc1ccc(Cl)c(Cl)c1)C(N)CC2.CI. The predicted molar refractivity (Wildman–Crippen MR) is 138 cm³/mol. The Morgan fingerprint density at radius 3 is 2.40 bits per heavy atom. The highest BCUT2D eigenvalue weighted by Gasteiger charge is 2.27. The highest BCUT2D eigenvalue weighted by molar-refractivity contribution is 14.1. The molecule has 0 fully saturated rings. The third-order valence-corrected chi connectivity index (χ3v) is 8.13. The third kappa shape index (κ3) is 7.09. The molecule has 0 saturated heterocycles. The molecule has 2 aromatic carbocycles. The number of alkyl halides is 1. The van der Waals surface area contributed by atoms with Crippen molar-refractivity contribution in [3.05, 3.63) is 68.7 Å². The number of benzene rings is 2. The number of rotatable bonds is 7. The second kappa shape index (κ2) is 12.0. The van der Waals surface area contributed by atoms with Gasteiger partial charge in [0.2, 0.25) is 0 Å². The van der Waals surface area contributed by atoms with E-state index in [2.05, 4.69) is 40.8 Å². The Morgan fingerprint density at radius 2 is 1.73 bits per heavy atom. The zero-order valence-corrected chi connectivity index (χ0v) is 22.0. The number of fused-ring (bicyclic) bond motifs is 1. The van der Waals surface area contributed by atoms with Crippen LogP contribution in [0, 0.1) is 0 Å². The Morgan fingerprint density at radius 1 is 1.03 bits per heavy atom. The molecule has 2 atom stereocenters. The summed E-state index contributed by atoms with van der Waals surface area (Å²) < 4.78 is 24.1. The van der Waals surface area contributed by atoms with Gasteiger partial charge in [0.1, 0.15) is 0 Å². The van der Waals surface area contributed by atoms with Crippen molar-refractivity contribution >= 4 is 55.6 Å². The summed E-state index contributed by atoms with van der Waals surface area (Å²) >= 11 is 14.4. The highest BCUT2D eigenvalue weighted by atomic mass is 127. The van der Waals surface area contributed by atoms with Crippen molar-refractivity contribution in [3.63, 3.8) is 0 Å². The Bertz CT molecular complexity index is 950. The van der Waals surface area contributed by atoms with E-state index < -0.39 is 9.84 Å². The molecule has 3 nitrogen and oxygen atoms in total. The normalized spacial score (nSPS) is 18.3. The molecule has 2 unspecified atom stereocenters. The molecule has 0 heterocycles. The van der Waals surface area contributed by atoms with Crippen molar-refractivity contribution in [2.75, 3.05) is 16.4 Å². The van der Waals surface area contributed by atoms with E-state index in [0.29, 0.717) is 22.9 Å². The molecule has 3 rings (SSSR count). The summed E-state index contributed by atoms with van der Waals surface area (Å²) in [6.07, 6.45) is 3.91. The number of sulfone groups is 1. The molecule has 0 amide bonds. The van der Waals surface area contributed by atoms with Crippen LogP contribution in [0.2, 0.25) is 10.0 Å². The van der Waals surface area contributed by atoms with E-state index in [1.165, 1.54) is 11.1 Å². The quantitative estimate of drug-likeness (QED) is 0.322. The molecule has 0 radical (unpaired) electrons. The lowest BCUT2D eigenvalue weighted by molar-refractivity contribution is 0.467. The first kappa shape index (κ1) is 25.9. The molecule has 1 aliphatic rings. The molecule has 7 heteroatoms. The van der Waals surface area contributed by atoms with E-state index in [-0.39, 0.29) is 23.5 Å². The number of aryl methyl sites for hydroxylation is 2. The maximum absolute atomic E-state index is 12.1. The first-order valence-electron chi connectivity index (χ1n) is 10.2. The number of halogens is 3. The van der Waals surface area contributed by atoms with Crippen molar-refractivity contribution in [2.45, 2.75) is 51.0 Å². The predicted octanol–water partition coefficient (Wildman–Crippen LogP) is 6.01. The van der Waals surface area contributed by atoms with Crippen molar-refractivity contribution in [2.24, 2.45) is 5.73 Å². The molecule has 30 heavy (non-hydrogen) atoms. The van der Waals surface area contributed by atoms with Crippen LogP contribution >= 0.6 is 45.8 Å². The minimum Gasteiger partial charge on any atom is -0.327 e. The second-order valence-electron chi connectivity index (χ2n) is 7.70. The van der Waals surface area contributed by atoms with E-state index >= 15 is 0 Å². The molecule has 0 aliphatic heterocycles. The van der Waals surface area contributed by atoms with Crippen LogP contribution in [0.15, 0.2) is 36.4 Å². The molecule has 0 spiro atoms. The Balaban J connectivity index is 0.00000155. The van der Waals surface area contributed by atoms with E-state index in [4.69, 9.17) is 28.9 Å². The van der Waals surface area contributed by atoms with Crippen LogP contribution in [-0.2, 0) is 29.1 Å². The van der Waals surface area contributed by atoms with Crippen LogP contribution in [0.1, 0.15) is 47.9 Å². The number of nitrogens with two attached hydrogens (primary N) is 1. The fourth-order valence-corrected chi connectivity index (χ4v) is 5.69. The standard InChI is InChI=1S/C22H27Cl2NO2S.CH3I/c1-2-10-28(26,27)11-9-15-3-5-17-6-8-22(25)19(18(17)12-15)13-16-4-7-20(23)21(24)14-16;1-2/h3-5,7,12,14,19,22H,2,6,8-11,13,25H2,1H3;1H3. The molecule has 0 saturated carbocycles. The molecule has 1 aliphatic carbocycles. The highest BCUT2D eigenvalue weighted by Crippen LogP contribution is 2.35. The molecular formula is C23H30Cl2INO2S. The van der Waals surface area contributed by atoms with E-state index in [1.807, 2.05) is 30.1 Å². The molecular weight excluding hydrogens is 552 g/mol. The average molecular weight is 582 g/mol. The van der Waals surface area contributed by atoms with Crippen molar-refractivity contribution in [1.82, 2.24) is 0 Å². The van der Waals surface area contributed by atoms with Gasteiger partial charge in [-0.2, -0.15) is 0 Å². The van der Waals surface area contributed by atoms with Gasteiger partial charge in [-0.15, -0.1) is 0 Å². The lowest BCUT2D eigenvalue weighted by Gasteiger charge is -2.32. The van der Waals surface area contributed by atoms with Gasteiger partial charge in [0.25, 0.3) is 0 Å². The molecule has 2 aromatic rings. The summed E-state index contributed by atoms with van der Waals surface area (Å²) in [6.45, 7) is 1.89. The summed E-state index contributed by atoms with van der Waals surface area (Å²) in [7, 11) is -2.98. The minimum absolute atomic E-state index is 0.0704. The monoisotopic (exact) mass is 581 g/mol. The largest absolute Gasteiger partial charge is 0.327 e. The van der Waals surface area contributed by atoms with E-state index in [9.17, 15) is 8.42 Å². The smallest absolute Gasteiger partial charge is 0.150 e. The summed E-state index contributed by atoms with van der Waals surface area (Å²) in [5.74, 6) is 0.638. The fraction of sp³-hybridized carbons (Fsp3) is 0.478. The summed E-state index contributed by atoms with van der Waals surface area (Å²) in [6, 6.07) is 12.2. The van der Waals surface area contributed by atoms with Gasteiger partial charge in [-0.1, -0.05) is 77.0 Å². The van der Waals surface area contributed by atoms with Crippen LogP contribution < -0.4 is 5.73 Å². The van der Waals surface area contributed by atoms with Crippen molar-refractivity contribution in [1.29, 1.82) is 0 Å². The van der Waals surface area contributed by atoms with Crippen LogP contribution in [0.3, 0.4) is 0 Å². The maximum atomic E-state index is 12.1. The first-order chi connectivity index (χ1) is 14.3. The maximum Gasteiger partial charge on any atom is 0.150 e. The summed E-state index contributed by atoms with van der Waals surface area (Å²) in [5, 5.41) is 1.10. The zero-order valence-electron chi connectivity index (χ0n) is 17.5. The minimum atomic E-state index is -2.98. The van der Waals surface area contributed by atoms with Crippen LogP contribution in [0.5, 0.6) is 0 Å². The zero-order chi connectivity index (χ0) is 22.3. The van der Waals surface area contributed by atoms with Crippen molar-refractivity contribution < 1.29 is 8.42 Å². The van der Waals surface area contributed by atoms with Crippen LogP contribution in [-0.4, -0.2) is 30.9 Å². The number of hydrogen-bond donors (Lipinski definition) is 1. The fourth-order valence-electron chi connectivity index (χ4n) is 4.00. The lowest BCUT2D eigenvalue weighted by atomic mass is 9.76. The van der Waals surface area contributed by atoms with Gasteiger partial charge in [-0.05, 0) is 71.4 Å². The summed E-state index contributed by atoms with van der Waals surface area (Å²) in [5.41, 5.74) is 11.2. The molecule has 0 bridgehead atoms. The molecule has 166 valence electrons. The summed E-state index contributed by atoms with van der Waals surface area (Å²) in [4.78, 5) is 1.97. The van der Waals surface area contributed by atoms with Crippen LogP contribution in [0.25, 0.3) is 0 Å². The van der Waals surface area contributed by atoms with Gasteiger partial charge in [0.15, 0.2) is 9.84 Å². The lowest BCUT2D eigenvalue weighted by Crippen LogP contribution is -2.34. The van der Waals surface area contributed by atoms with E-state index in [1.54, 1.807) is 0 Å². The van der Waals surface area contributed by atoms with E-state index in [0.717, 1.165) is 30.4 Å². The van der Waals surface area contributed by atoms with Gasteiger partial charge in [0.05, 0.1) is 15.8 Å². The third-order valence-electron chi connectivity index (χ3n) is 5.53. The number of hydrogen-bond acceptors (Lipinski definition) is 3. The Labute approximate surface area is 204 Å². The molecule has 2 N–H and O–H groups in total. The van der Waals surface area contributed by atoms with Crippen LogP contribution in [0.4, 0.5) is 0 Å².